The number of ether oxygens (including phenoxy) is 3. The number of amides is 2. The quantitative estimate of drug-likeness (QED) is 0.892. The fourth-order valence-corrected chi connectivity index (χ4v) is 2.84. The molecule has 2 heterocycles. The topological polar surface area (TPSA) is 68.8 Å². The van der Waals surface area contributed by atoms with E-state index in [2.05, 4.69) is 10.6 Å². The molecular weight excluding hydrogens is 296 g/mol. The zero-order chi connectivity index (χ0) is 16.3. The van der Waals surface area contributed by atoms with Gasteiger partial charge in [-0.3, -0.25) is 0 Å². The summed E-state index contributed by atoms with van der Waals surface area (Å²) in [6, 6.07) is 5.57. The highest BCUT2D eigenvalue weighted by Gasteiger charge is 2.26. The lowest BCUT2D eigenvalue weighted by Crippen LogP contribution is -2.48. The molecule has 1 unspecified atom stereocenters. The molecule has 2 aliphatic rings. The predicted octanol–water partition coefficient (Wildman–Crippen LogP) is 2.17. The lowest BCUT2D eigenvalue weighted by molar-refractivity contribution is 0.111. The minimum absolute atomic E-state index is 0.137. The van der Waals surface area contributed by atoms with Gasteiger partial charge in [-0.1, -0.05) is 6.07 Å². The number of carbonyl (C=O) groups excluding carboxylic acids is 1. The highest BCUT2D eigenvalue weighted by molar-refractivity contribution is 5.75. The predicted molar refractivity (Wildman–Crippen MR) is 86.0 cm³/mol. The average Bonchev–Trinajstić information content (AvgIpc) is 3.05. The molecule has 0 aliphatic carbocycles. The van der Waals surface area contributed by atoms with E-state index in [4.69, 9.17) is 14.2 Å². The van der Waals surface area contributed by atoms with E-state index in [0.29, 0.717) is 19.8 Å². The molecule has 1 aromatic rings. The van der Waals surface area contributed by atoms with Gasteiger partial charge in [0.05, 0.1) is 11.6 Å². The molecule has 2 amide bonds. The number of nitrogens with one attached hydrogen (secondary N) is 2. The fraction of sp³-hybridized carbons (Fsp3) is 0.588. The Hall–Kier alpha value is -1.95. The number of carbonyl (C=O) groups is 1. The number of fused-ring (bicyclic) bond motifs is 1. The largest absolute Gasteiger partial charge is 0.486 e. The van der Waals surface area contributed by atoms with Crippen LogP contribution in [0.5, 0.6) is 11.5 Å². The van der Waals surface area contributed by atoms with E-state index in [0.717, 1.165) is 36.5 Å². The van der Waals surface area contributed by atoms with Gasteiger partial charge < -0.3 is 24.8 Å². The second kappa shape index (κ2) is 6.66. The smallest absolute Gasteiger partial charge is 0.315 e. The van der Waals surface area contributed by atoms with E-state index < -0.39 is 5.54 Å². The van der Waals surface area contributed by atoms with Crippen molar-refractivity contribution in [2.45, 2.75) is 38.3 Å². The van der Waals surface area contributed by atoms with Crippen LogP contribution in [0.4, 0.5) is 4.79 Å². The molecule has 6 nitrogen and oxygen atoms in total. The summed E-state index contributed by atoms with van der Waals surface area (Å²) >= 11 is 0. The van der Waals surface area contributed by atoms with Gasteiger partial charge in [-0.05, 0) is 44.4 Å². The Morgan fingerprint density at radius 2 is 2.00 bits per heavy atom. The van der Waals surface area contributed by atoms with Crippen LogP contribution in [0.25, 0.3) is 0 Å². The van der Waals surface area contributed by atoms with E-state index in [-0.39, 0.29) is 12.1 Å². The molecule has 0 radical (unpaired) electrons. The Bertz CT molecular complexity index is 568. The summed E-state index contributed by atoms with van der Waals surface area (Å²) in [5.74, 6) is 1.47. The SMILES string of the molecule is CC(C)(NC(=O)NCC1CCCO1)c1ccc2c(c1)OCCO2. The van der Waals surface area contributed by atoms with Gasteiger partial charge in [0.2, 0.25) is 0 Å². The number of hydrogen-bond acceptors (Lipinski definition) is 4. The Morgan fingerprint density at radius 3 is 2.74 bits per heavy atom. The van der Waals surface area contributed by atoms with Crippen LogP contribution in [0.1, 0.15) is 32.3 Å². The summed E-state index contributed by atoms with van der Waals surface area (Å²) in [5.41, 5.74) is 0.449. The number of urea groups is 1. The minimum atomic E-state index is -0.517. The van der Waals surface area contributed by atoms with Crippen molar-refractivity contribution in [1.82, 2.24) is 10.6 Å². The van der Waals surface area contributed by atoms with Crippen LogP contribution in [0.3, 0.4) is 0 Å². The maximum atomic E-state index is 12.1. The molecule has 3 rings (SSSR count). The second-order valence-corrected chi connectivity index (χ2v) is 6.45. The molecule has 1 atom stereocenters. The van der Waals surface area contributed by atoms with Crippen LogP contribution in [0.2, 0.25) is 0 Å². The first-order valence-corrected chi connectivity index (χ1v) is 8.12. The van der Waals surface area contributed by atoms with Crippen molar-refractivity contribution in [3.8, 4) is 11.5 Å². The summed E-state index contributed by atoms with van der Waals surface area (Å²) in [6.45, 7) is 6.37. The van der Waals surface area contributed by atoms with E-state index in [1.54, 1.807) is 0 Å². The molecule has 0 spiro atoms. The first kappa shape index (κ1) is 15.9. The minimum Gasteiger partial charge on any atom is -0.486 e. The molecule has 6 heteroatoms. The lowest BCUT2D eigenvalue weighted by atomic mass is 9.94. The van der Waals surface area contributed by atoms with E-state index in [9.17, 15) is 4.79 Å². The van der Waals surface area contributed by atoms with Gasteiger partial charge in [0.1, 0.15) is 13.2 Å². The zero-order valence-corrected chi connectivity index (χ0v) is 13.7. The van der Waals surface area contributed by atoms with Crippen LogP contribution in [0, 0.1) is 0 Å². The number of benzene rings is 1. The Morgan fingerprint density at radius 1 is 1.22 bits per heavy atom. The van der Waals surface area contributed by atoms with Crippen LogP contribution < -0.4 is 20.1 Å². The zero-order valence-electron chi connectivity index (χ0n) is 13.7. The standard InChI is InChI=1S/C17H24N2O4/c1-17(2,19-16(20)18-11-13-4-3-7-21-13)12-5-6-14-15(10-12)23-9-8-22-14/h5-6,10,13H,3-4,7-9,11H2,1-2H3,(H2,18,19,20). The maximum absolute atomic E-state index is 12.1. The van der Waals surface area contributed by atoms with Crippen LogP contribution in [0.15, 0.2) is 18.2 Å². The van der Waals surface area contributed by atoms with Gasteiger partial charge in [0.25, 0.3) is 0 Å². The number of rotatable bonds is 4. The van der Waals surface area contributed by atoms with E-state index >= 15 is 0 Å². The van der Waals surface area contributed by atoms with Crippen molar-refractivity contribution in [1.29, 1.82) is 0 Å². The second-order valence-electron chi connectivity index (χ2n) is 6.45. The molecule has 1 fully saturated rings. The molecule has 1 saturated heterocycles. The molecule has 0 aromatic heterocycles. The summed E-state index contributed by atoms with van der Waals surface area (Å²) in [7, 11) is 0. The monoisotopic (exact) mass is 320 g/mol. The van der Waals surface area contributed by atoms with Crippen molar-refractivity contribution >= 4 is 6.03 Å². The average molecular weight is 320 g/mol. The summed E-state index contributed by atoms with van der Waals surface area (Å²) in [4.78, 5) is 12.1. The van der Waals surface area contributed by atoms with E-state index in [1.807, 2.05) is 32.0 Å². The van der Waals surface area contributed by atoms with Gasteiger partial charge in [-0.15, -0.1) is 0 Å². The van der Waals surface area contributed by atoms with Crippen molar-refractivity contribution in [2.24, 2.45) is 0 Å². The molecule has 0 saturated carbocycles. The Kier molecular flexibility index (Phi) is 4.61. The molecule has 2 N–H and O–H groups in total. The lowest BCUT2D eigenvalue weighted by Gasteiger charge is -2.29. The molecule has 0 bridgehead atoms. The van der Waals surface area contributed by atoms with E-state index in [1.165, 1.54) is 0 Å². The molecule has 1 aromatic carbocycles. The Labute approximate surface area is 136 Å². The summed E-state index contributed by atoms with van der Waals surface area (Å²) in [6.07, 6.45) is 2.21. The van der Waals surface area contributed by atoms with Gasteiger partial charge in [0, 0.05) is 13.2 Å². The van der Waals surface area contributed by atoms with Crippen molar-refractivity contribution < 1.29 is 19.0 Å². The van der Waals surface area contributed by atoms with Gasteiger partial charge in [-0.2, -0.15) is 0 Å². The third-order valence-corrected chi connectivity index (χ3v) is 4.20. The van der Waals surface area contributed by atoms with Crippen LogP contribution >= 0.6 is 0 Å². The Balaban J connectivity index is 1.60. The third kappa shape index (κ3) is 3.88. The first-order chi connectivity index (χ1) is 11.0. The highest BCUT2D eigenvalue weighted by Crippen LogP contribution is 2.34. The van der Waals surface area contributed by atoms with Gasteiger partial charge >= 0.3 is 6.03 Å². The van der Waals surface area contributed by atoms with Crippen LogP contribution in [-0.2, 0) is 10.3 Å². The summed E-state index contributed by atoms with van der Waals surface area (Å²) in [5, 5.41) is 5.88. The first-order valence-electron chi connectivity index (χ1n) is 8.12. The normalized spacial score (nSPS) is 20.2. The summed E-state index contributed by atoms with van der Waals surface area (Å²) < 4.78 is 16.6. The van der Waals surface area contributed by atoms with Gasteiger partial charge in [-0.25, -0.2) is 4.79 Å². The third-order valence-electron chi connectivity index (χ3n) is 4.20. The molecule has 23 heavy (non-hydrogen) atoms. The fourth-order valence-electron chi connectivity index (χ4n) is 2.84. The van der Waals surface area contributed by atoms with Crippen LogP contribution in [-0.4, -0.2) is 38.5 Å². The maximum Gasteiger partial charge on any atom is 0.315 e. The molecule has 126 valence electrons. The highest BCUT2D eigenvalue weighted by atomic mass is 16.6. The molecule has 2 aliphatic heterocycles. The molecular formula is C17H24N2O4. The van der Waals surface area contributed by atoms with Gasteiger partial charge in [0.15, 0.2) is 11.5 Å². The van der Waals surface area contributed by atoms with Crippen molar-refractivity contribution in [2.75, 3.05) is 26.4 Å². The van der Waals surface area contributed by atoms with Crippen molar-refractivity contribution in [3.05, 3.63) is 23.8 Å². The number of hydrogen-bond donors (Lipinski definition) is 2. The van der Waals surface area contributed by atoms with Crippen molar-refractivity contribution in [3.63, 3.8) is 0 Å².